The molecule has 5 nitrogen and oxygen atoms in total. The molecule has 0 aromatic carbocycles. The topological polar surface area (TPSA) is 83.5 Å². The van der Waals surface area contributed by atoms with Gasteiger partial charge >= 0.3 is 0 Å². The highest BCUT2D eigenvalue weighted by Crippen LogP contribution is 2.05. The molecule has 1 aromatic heterocycles. The lowest BCUT2D eigenvalue weighted by Crippen LogP contribution is -2.30. The fraction of sp³-hybridized carbons (Fsp3) is 0.500. The lowest BCUT2D eigenvalue weighted by atomic mass is 10.2. The Morgan fingerprint density at radius 2 is 2.44 bits per heavy atom. The van der Waals surface area contributed by atoms with Gasteiger partial charge in [-0.05, 0) is 30.4 Å². The second-order valence-electron chi connectivity index (χ2n) is 3.98. The molecule has 18 heavy (non-hydrogen) atoms. The van der Waals surface area contributed by atoms with Crippen LogP contribution < -0.4 is 11.1 Å². The van der Waals surface area contributed by atoms with Crippen molar-refractivity contribution in [2.24, 2.45) is 10.9 Å². The van der Waals surface area contributed by atoms with E-state index in [1.165, 1.54) is 0 Å². The number of nitrogens with zero attached hydrogens (tertiary/aromatic N) is 2. The summed E-state index contributed by atoms with van der Waals surface area (Å²) in [6.07, 6.45) is 4.87. The molecule has 0 radical (unpaired) electrons. The van der Waals surface area contributed by atoms with E-state index in [0.717, 1.165) is 24.3 Å². The number of thioether (sulfide) groups is 1. The minimum atomic E-state index is 0.0352. The Hall–Kier alpha value is -1.27. The summed E-state index contributed by atoms with van der Waals surface area (Å²) in [5.74, 6) is 1.13. The summed E-state index contributed by atoms with van der Waals surface area (Å²) in [4.78, 5) is 4.05. The summed E-state index contributed by atoms with van der Waals surface area (Å²) in [6.45, 7) is 2.93. The molecule has 4 N–H and O–H groups in total. The van der Waals surface area contributed by atoms with E-state index in [1.54, 1.807) is 6.20 Å². The van der Waals surface area contributed by atoms with E-state index in [-0.39, 0.29) is 5.84 Å². The summed E-state index contributed by atoms with van der Waals surface area (Å²) in [5.41, 5.74) is 7.08. The molecule has 100 valence electrons. The zero-order valence-electron chi connectivity index (χ0n) is 10.8. The normalized spacial score (nSPS) is 13.6. The number of oxime groups is 1. The Labute approximate surface area is 112 Å². The van der Waals surface area contributed by atoms with Gasteiger partial charge in [-0.2, -0.15) is 11.8 Å². The van der Waals surface area contributed by atoms with Crippen molar-refractivity contribution in [3.05, 3.63) is 29.6 Å². The van der Waals surface area contributed by atoms with Crippen LogP contribution in [0.3, 0.4) is 0 Å². The Balaban J connectivity index is 2.62. The lowest BCUT2D eigenvalue weighted by Gasteiger charge is -2.15. The number of hydrogen-bond donors (Lipinski definition) is 3. The number of rotatable bonds is 7. The van der Waals surface area contributed by atoms with Crippen LogP contribution >= 0.6 is 11.8 Å². The van der Waals surface area contributed by atoms with Crippen molar-refractivity contribution in [2.75, 3.05) is 12.0 Å². The third kappa shape index (κ3) is 4.54. The third-order valence-corrected chi connectivity index (χ3v) is 3.39. The Kier molecular flexibility index (Phi) is 6.53. The summed E-state index contributed by atoms with van der Waals surface area (Å²) in [5, 5.41) is 15.0. The van der Waals surface area contributed by atoms with Crippen LogP contribution in [0.4, 0.5) is 0 Å². The average molecular weight is 268 g/mol. The van der Waals surface area contributed by atoms with Crippen LogP contribution in [0, 0.1) is 0 Å². The zero-order valence-corrected chi connectivity index (χ0v) is 11.6. The van der Waals surface area contributed by atoms with E-state index in [0.29, 0.717) is 11.7 Å². The minimum absolute atomic E-state index is 0.0352. The molecule has 0 bridgehead atoms. The summed E-state index contributed by atoms with van der Waals surface area (Å²) >= 11 is 1.83. The minimum Gasteiger partial charge on any atom is -0.409 e. The second kappa shape index (κ2) is 7.94. The van der Waals surface area contributed by atoms with Crippen molar-refractivity contribution >= 4 is 17.6 Å². The van der Waals surface area contributed by atoms with Crippen LogP contribution in [0.5, 0.6) is 0 Å². The first-order chi connectivity index (χ1) is 8.71. The lowest BCUT2D eigenvalue weighted by molar-refractivity contribution is 0.318. The highest BCUT2D eigenvalue weighted by molar-refractivity contribution is 7.98. The van der Waals surface area contributed by atoms with E-state index in [1.807, 2.05) is 23.9 Å². The van der Waals surface area contributed by atoms with Gasteiger partial charge in [0.05, 0.1) is 0 Å². The molecule has 0 aliphatic rings. The molecule has 6 heteroatoms. The van der Waals surface area contributed by atoms with Gasteiger partial charge < -0.3 is 16.3 Å². The maximum atomic E-state index is 8.61. The molecule has 1 atom stereocenters. The number of hydrogen-bond acceptors (Lipinski definition) is 5. The Morgan fingerprint density at radius 3 is 3.06 bits per heavy atom. The molecule has 1 unspecified atom stereocenters. The molecule has 0 saturated carbocycles. The fourth-order valence-corrected chi connectivity index (χ4v) is 2.32. The van der Waals surface area contributed by atoms with Crippen molar-refractivity contribution in [3.8, 4) is 0 Å². The smallest absolute Gasteiger partial charge is 0.188 e. The summed E-state index contributed by atoms with van der Waals surface area (Å²) < 4.78 is 0. The van der Waals surface area contributed by atoms with Gasteiger partial charge in [-0.15, -0.1) is 0 Å². The monoisotopic (exact) mass is 268 g/mol. The summed E-state index contributed by atoms with van der Waals surface area (Å²) in [7, 11) is 0. The van der Waals surface area contributed by atoms with Crippen LogP contribution in [0.1, 0.15) is 24.6 Å². The fourth-order valence-electron chi connectivity index (χ4n) is 1.56. The van der Waals surface area contributed by atoms with E-state index in [9.17, 15) is 0 Å². The zero-order chi connectivity index (χ0) is 13.4. The molecule has 0 fully saturated rings. The quantitative estimate of drug-likeness (QED) is 0.301. The molecule has 1 rings (SSSR count). The molecule has 0 saturated heterocycles. The highest BCUT2D eigenvalue weighted by atomic mass is 32.2. The number of nitrogens with one attached hydrogen (secondary N) is 1. The number of aromatic nitrogens is 1. The van der Waals surface area contributed by atoms with Crippen LogP contribution in [0.25, 0.3) is 0 Å². The van der Waals surface area contributed by atoms with Gasteiger partial charge in [0, 0.05) is 24.5 Å². The SMILES string of the molecule is CCC(CSC)NCc1ccnc(/C(N)=N/O)c1. The Bertz CT molecular complexity index is 397. The van der Waals surface area contributed by atoms with E-state index < -0.39 is 0 Å². The molecular formula is C12H20N4OS. The van der Waals surface area contributed by atoms with Crippen molar-refractivity contribution in [3.63, 3.8) is 0 Å². The van der Waals surface area contributed by atoms with Gasteiger partial charge in [0.2, 0.25) is 0 Å². The van der Waals surface area contributed by atoms with Gasteiger partial charge in [0.25, 0.3) is 0 Å². The van der Waals surface area contributed by atoms with Gasteiger partial charge in [0.1, 0.15) is 5.69 Å². The van der Waals surface area contributed by atoms with Crippen LogP contribution in [-0.4, -0.2) is 34.1 Å². The first-order valence-electron chi connectivity index (χ1n) is 5.86. The van der Waals surface area contributed by atoms with Crippen molar-refractivity contribution in [2.45, 2.75) is 25.9 Å². The average Bonchev–Trinajstić information content (AvgIpc) is 2.42. The Morgan fingerprint density at radius 1 is 1.67 bits per heavy atom. The molecule has 0 aliphatic carbocycles. The largest absolute Gasteiger partial charge is 0.409 e. The standard InChI is InChI=1S/C12H20N4OS/c1-3-10(8-18-2)15-7-9-4-5-14-11(6-9)12(13)16-17/h4-6,10,15,17H,3,7-8H2,1-2H3,(H2,13,16). The van der Waals surface area contributed by atoms with Gasteiger partial charge in [-0.1, -0.05) is 12.1 Å². The van der Waals surface area contributed by atoms with E-state index >= 15 is 0 Å². The molecule has 0 amide bonds. The van der Waals surface area contributed by atoms with Gasteiger partial charge in [-0.25, -0.2) is 0 Å². The highest BCUT2D eigenvalue weighted by Gasteiger charge is 2.06. The summed E-state index contributed by atoms with van der Waals surface area (Å²) in [6, 6.07) is 4.25. The van der Waals surface area contributed by atoms with Crippen LogP contribution in [-0.2, 0) is 6.54 Å². The van der Waals surface area contributed by atoms with Gasteiger partial charge in [0.15, 0.2) is 5.84 Å². The molecule has 0 spiro atoms. The first-order valence-corrected chi connectivity index (χ1v) is 7.25. The van der Waals surface area contributed by atoms with E-state index in [2.05, 4.69) is 28.6 Å². The number of amidine groups is 1. The molecular weight excluding hydrogens is 248 g/mol. The van der Waals surface area contributed by atoms with Crippen LogP contribution in [0.15, 0.2) is 23.5 Å². The number of pyridine rings is 1. The number of nitrogens with two attached hydrogens (primary N) is 1. The predicted molar refractivity (Wildman–Crippen MR) is 76.0 cm³/mol. The van der Waals surface area contributed by atoms with Crippen molar-refractivity contribution in [1.82, 2.24) is 10.3 Å². The maximum absolute atomic E-state index is 8.61. The molecule has 1 heterocycles. The van der Waals surface area contributed by atoms with Crippen molar-refractivity contribution in [1.29, 1.82) is 0 Å². The predicted octanol–water partition coefficient (Wildman–Crippen LogP) is 1.41. The molecule has 0 aliphatic heterocycles. The van der Waals surface area contributed by atoms with Crippen molar-refractivity contribution < 1.29 is 5.21 Å². The second-order valence-corrected chi connectivity index (χ2v) is 4.89. The van der Waals surface area contributed by atoms with Crippen LogP contribution in [0.2, 0.25) is 0 Å². The third-order valence-electron chi connectivity index (χ3n) is 2.65. The van der Waals surface area contributed by atoms with E-state index in [4.69, 9.17) is 10.9 Å². The van der Waals surface area contributed by atoms with Gasteiger partial charge in [-0.3, -0.25) is 4.98 Å². The first kappa shape index (κ1) is 14.8. The maximum Gasteiger partial charge on any atom is 0.188 e. The molecule has 1 aromatic rings.